The van der Waals surface area contributed by atoms with Crippen molar-refractivity contribution in [3.05, 3.63) is 35.4 Å². The van der Waals surface area contributed by atoms with Crippen LogP contribution in [0.1, 0.15) is 31.7 Å². The molecule has 1 amide bonds. The van der Waals surface area contributed by atoms with E-state index < -0.39 is 36.0 Å². The number of carbonyl (C=O) groups excluding carboxylic acids is 1. The van der Waals surface area contributed by atoms with Crippen LogP contribution in [0.5, 0.6) is 0 Å². The van der Waals surface area contributed by atoms with Crippen LogP contribution in [-0.4, -0.2) is 23.0 Å². The molecule has 0 heterocycles. The molecule has 0 aliphatic rings. The van der Waals surface area contributed by atoms with Gasteiger partial charge in [0.15, 0.2) is 0 Å². The van der Waals surface area contributed by atoms with Crippen LogP contribution < -0.4 is 5.32 Å². The summed E-state index contributed by atoms with van der Waals surface area (Å²) in [6.07, 6.45) is 1.21. The second kappa shape index (κ2) is 7.57. The predicted octanol–water partition coefficient (Wildman–Crippen LogP) is 2.27. The van der Waals surface area contributed by atoms with E-state index in [4.69, 9.17) is 5.11 Å². The first-order valence-corrected chi connectivity index (χ1v) is 6.40. The topological polar surface area (TPSA) is 66.4 Å². The van der Waals surface area contributed by atoms with Crippen LogP contribution in [-0.2, 0) is 16.0 Å². The molecule has 1 atom stereocenters. The summed E-state index contributed by atoms with van der Waals surface area (Å²) >= 11 is 0. The van der Waals surface area contributed by atoms with Crippen LogP contribution >= 0.6 is 0 Å². The first-order chi connectivity index (χ1) is 9.45. The fourth-order valence-corrected chi connectivity index (χ4v) is 1.77. The maximum absolute atomic E-state index is 13.4. The lowest BCUT2D eigenvalue weighted by Gasteiger charge is -2.14. The predicted molar refractivity (Wildman–Crippen MR) is 69.2 cm³/mol. The van der Waals surface area contributed by atoms with Gasteiger partial charge in [0.25, 0.3) is 0 Å². The van der Waals surface area contributed by atoms with Crippen molar-refractivity contribution in [3.8, 4) is 0 Å². The number of unbranched alkanes of at least 4 members (excludes halogenated alkanes) is 1. The summed E-state index contributed by atoms with van der Waals surface area (Å²) in [6.45, 7) is 1.90. The normalized spacial score (nSPS) is 11.9. The molecule has 0 bridgehead atoms. The van der Waals surface area contributed by atoms with E-state index in [9.17, 15) is 18.4 Å². The average molecular weight is 285 g/mol. The second-order valence-corrected chi connectivity index (χ2v) is 4.48. The highest BCUT2D eigenvalue weighted by Crippen LogP contribution is 2.13. The van der Waals surface area contributed by atoms with E-state index in [1.807, 2.05) is 6.92 Å². The Hall–Kier alpha value is -1.98. The van der Waals surface area contributed by atoms with Gasteiger partial charge in [-0.15, -0.1) is 0 Å². The molecule has 110 valence electrons. The molecule has 0 saturated carbocycles. The summed E-state index contributed by atoms with van der Waals surface area (Å²) in [5.74, 6) is -3.50. The summed E-state index contributed by atoms with van der Waals surface area (Å²) < 4.78 is 26.7. The van der Waals surface area contributed by atoms with Crippen LogP contribution in [0.25, 0.3) is 0 Å². The molecule has 0 spiro atoms. The number of carbonyl (C=O) groups is 2. The van der Waals surface area contributed by atoms with Crippen molar-refractivity contribution in [1.29, 1.82) is 0 Å². The van der Waals surface area contributed by atoms with Gasteiger partial charge in [0, 0.05) is 5.56 Å². The molecule has 0 fully saturated rings. The van der Waals surface area contributed by atoms with Crippen LogP contribution in [0.15, 0.2) is 18.2 Å². The van der Waals surface area contributed by atoms with Gasteiger partial charge >= 0.3 is 5.97 Å². The lowest BCUT2D eigenvalue weighted by atomic mass is 10.1. The Morgan fingerprint density at radius 2 is 1.90 bits per heavy atom. The Balaban J connectivity index is 2.68. The zero-order chi connectivity index (χ0) is 15.1. The lowest BCUT2D eigenvalue weighted by molar-refractivity contribution is -0.142. The van der Waals surface area contributed by atoms with Crippen LogP contribution in [0.4, 0.5) is 8.78 Å². The third-order valence-corrected chi connectivity index (χ3v) is 2.88. The number of hydrogen-bond donors (Lipinski definition) is 2. The van der Waals surface area contributed by atoms with Gasteiger partial charge in [-0.1, -0.05) is 25.8 Å². The zero-order valence-electron chi connectivity index (χ0n) is 11.2. The van der Waals surface area contributed by atoms with Gasteiger partial charge in [-0.2, -0.15) is 0 Å². The van der Waals surface area contributed by atoms with Crippen LogP contribution in [0.3, 0.4) is 0 Å². The fraction of sp³-hybridized carbons (Fsp3) is 0.429. The Morgan fingerprint density at radius 1 is 1.30 bits per heavy atom. The lowest BCUT2D eigenvalue weighted by Crippen LogP contribution is -2.41. The minimum Gasteiger partial charge on any atom is -0.480 e. The van der Waals surface area contributed by atoms with E-state index in [2.05, 4.69) is 5.32 Å². The minimum absolute atomic E-state index is 0.289. The van der Waals surface area contributed by atoms with E-state index >= 15 is 0 Å². The van der Waals surface area contributed by atoms with E-state index in [1.54, 1.807) is 0 Å². The van der Waals surface area contributed by atoms with Gasteiger partial charge in [0.2, 0.25) is 5.91 Å². The highest BCUT2D eigenvalue weighted by Gasteiger charge is 2.21. The molecule has 1 aromatic carbocycles. The summed E-state index contributed by atoms with van der Waals surface area (Å²) in [4.78, 5) is 22.7. The molecule has 0 aliphatic heterocycles. The van der Waals surface area contributed by atoms with Gasteiger partial charge in [0.05, 0.1) is 6.42 Å². The number of hydrogen-bond acceptors (Lipinski definition) is 2. The monoisotopic (exact) mass is 285 g/mol. The zero-order valence-corrected chi connectivity index (χ0v) is 11.2. The maximum atomic E-state index is 13.4. The highest BCUT2D eigenvalue weighted by molar-refractivity contribution is 5.84. The van der Waals surface area contributed by atoms with Gasteiger partial charge in [0.1, 0.15) is 17.7 Å². The molecule has 0 aliphatic carbocycles. The highest BCUT2D eigenvalue weighted by atomic mass is 19.1. The number of aliphatic carboxylic acids is 1. The molecule has 0 saturated heterocycles. The van der Waals surface area contributed by atoms with Crippen molar-refractivity contribution >= 4 is 11.9 Å². The molecule has 2 N–H and O–H groups in total. The Labute approximate surface area is 115 Å². The molecule has 20 heavy (non-hydrogen) atoms. The first-order valence-electron chi connectivity index (χ1n) is 6.40. The molecule has 1 rings (SSSR count). The number of carboxylic acid groups (broad SMARTS) is 1. The third kappa shape index (κ3) is 4.60. The molecule has 0 unspecified atom stereocenters. The van der Waals surface area contributed by atoms with Crippen LogP contribution in [0, 0.1) is 11.6 Å². The standard InChI is InChI=1S/C14H17F2NO3/c1-2-3-7-12(14(19)20)17-13(18)8-9-10(15)5-4-6-11(9)16/h4-6,12H,2-3,7-8H2,1H3,(H,17,18)(H,19,20)/t12-/m0/s1. The minimum atomic E-state index is -1.15. The van der Waals surface area contributed by atoms with Crippen molar-refractivity contribution in [2.24, 2.45) is 0 Å². The van der Waals surface area contributed by atoms with E-state index in [0.29, 0.717) is 6.42 Å². The molecular formula is C14H17F2NO3. The largest absolute Gasteiger partial charge is 0.480 e. The number of nitrogens with one attached hydrogen (secondary N) is 1. The third-order valence-electron chi connectivity index (χ3n) is 2.88. The SMILES string of the molecule is CCCC[C@H](NC(=O)Cc1c(F)cccc1F)C(=O)O. The number of halogens is 2. The number of rotatable bonds is 7. The summed E-state index contributed by atoms with van der Waals surface area (Å²) in [5.41, 5.74) is -0.357. The quantitative estimate of drug-likeness (QED) is 0.807. The van der Waals surface area contributed by atoms with Crippen molar-refractivity contribution in [2.45, 2.75) is 38.6 Å². The second-order valence-electron chi connectivity index (χ2n) is 4.48. The molecule has 0 aromatic heterocycles. The smallest absolute Gasteiger partial charge is 0.326 e. The Kier molecular flexibility index (Phi) is 6.09. The van der Waals surface area contributed by atoms with Crippen molar-refractivity contribution in [3.63, 3.8) is 0 Å². The summed E-state index contributed by atoms with van der Waals surface area (Å²) in [6, 6.07) is 2.28. The number of carboxylic acids is 1. The fourth-order valence-electron chi connectivity index (χ4n) is 1.77. The van der Waals surface area contributed by atoms with Gasteiger partial charge in [-0.05, 0) is 18.6 Å². The van der Waals surface area contributed by atoms with Gasteiger partial charge in [-0.25, -0.2) is 13.6 Å². The Bertz CT molecular complexity index is 471. The van der Waals surface area contributed by atoms with Crippen molar-refractivity contribution in [2.75, 3.05) is 0 Å². The maximum Gasteiger partial charge on any atom is 0.326 e. The van der Waals surface area contributed by atoms with Crippen molar-refractivity contribution in [1.82, 2.24) is 5.32 Å². The number of benzene rings is 1. The number of amides is 1. The van der Waals surface area contributed by atoms with Crippen LogP contribution in [0.2, 0.25) is 0 Å². The molecule has 6 heteroatoms. The molecular weight excluding hydrogens is 268 g/mol. The van der Waals surface area contributed by atoms with E-state index in [0.717, 1.165) is 18.6 Å². The summed E-state index contributed by atoms with van der Waals surface area (Å²) in [7, 11) is 0. The molecule has 0 radical (unpaired) electrons. The van der Waals surface area contributed by atoms with Crippen molar-refractivity contribution < 1.29 is 23.5 Å². The van der Waals surface area contributed by atoms with Gasteiger partial charge in [-0.3, -0.25) is 4.79 Å². The Morgan fingerprint density at radius 3 is 2.40 bits per heavy atom. The summed E-state index contributed by atoms with van der Waals surface area (Å²) in [5, 5.41) is 11.2. The van der Waals surface area contributed by atoms with Gasteiger partial charge < -0.3 is 10.4 Å². The molecule has 4 nitrogen and oxygen atoms in total. The van der Waals surface area contributed by atoms with E-state index in [1.165, 1.54) is 6.07 Å². The molecule has 1 aromatic rings. The average Bonchev–Trinajstić information content (AvgIpc) is 2.38. The van der Waals surface area contributed by atoms with E-state index in [-0.39, 0.29) is 12.0 Å². The first kappa shape index (κ1) is 16.1.